The topological polar surface area (TPSA) is 80.7 Å². The number of halogens is 2. The standard InChI is InChI=1S/C22H21Cl2N5O2S/c1-30-19-8-14-18(25-11-26-22(14)27-13-5-6-15(23)16(24)7-13)9-20(19)31-10-12-3-2-4-17-21(12)29-32-28-17/h5-9,11-12,17,28H,2-4,10H2,1H3,(H,25,26,27). The number of hydrogen-bond donors (Lipinski definition) is 2. The fourth-order valence-electron chi connectivity index (χ4n) is 4.05. The Morgan fingerprint density at radius 2 is 2.03 bits per heavy atom. The molecule has 32 heavy (non-hydrogen) atoms. The first-order chi connectivity index (χ1) is 15.6. The van der Waals surface area contributed by atoms with Crippen LogP contribution in [0.15, 0.2) is 41.1 Å². The van der Waals surface area contributed by atoms with E-state index in [-0.39, 0.29) is 0 Å². The number of aromatic nitrogens is 2. The Bertz CT molecular complexity index is 1190. The third kappa shape index (κ3) is 4.32. The van der Waals surface area contributed by atoms with Gasteiger partial charge in [0.25, 0.3) is 0 Å². The van der Waals surface area contributed by atoms with Gasteiger partial charge < -0.3 is 14.8 Å². The van der Waals surface area contributed by atoms with Crippen LogP contribution < -0.4 is 19.5 Å². The van der Waals surface area contributed by atoms with Crippen LogP contribution in [0.3, 0.4) is 0 Å². The molecule has 5 rings (SSSR count). The minimum atomic E-state index is 0.300. The number of rotatable bonds is 6. The molecule has 2 heterocycles. The normalized spacial score (nSPS) is 20.0. The van der Waals surface area contributed by atoms with Crippen LogP contribution in [-0.2, 0) is 0 Å². The van der Waals surface area contributed by atoms with Crippen molar-refractivity contribution in [2.75, 3.05) is 19.0 Å². The molecule has 2 unspecified atom stereocenters. The number of nitrogens with zero attached hydrogens (tertiary/aromatic N) is 3. The zero-order valence-electron chi connectivity index (χ0n) is 17.3. The molecule has 1 aliphatic heterocycles. The number of hydrogen-bond acceptors (Lipinski definition) is 8. The van der Waals surface area contributed by atoms with Gasteiger partial charge in [-0.15, -0.1) is 0 Å². The second-order valence-corrected chi connectivity index (χ2v) is 9.13. The van der Waals surface area contributed by atoms with Crippen molar-refractivity contribution in [1.82, 2.24) is 14.7 Å². The molecule has 0 radical (unpaired) electrons. The Balaban J connectivity index is 1.40. The van der Waals surface area contributed by atoms with E-state index in [0.717, 1.165) is 35.9 Å². The second kappa shape index (κ2) is 9.31. The lowest BCUT2D eigenvalue weighted by molar-refractivity contribution is 0.253. The van der Waals surface area contributed by atoms with Gasteiger partial charge in [0.05, 0.1) is 53.2 Å². The molecular weight excluding hydrogens is 469 g/mol. The van der Waals surface area contributed by atoms with Crippen LogP contribution >= 0.6 is 35.3 Å². The predicted molar refractivity (Wildman–Crippen MR) is 131 cm³/mol. The fourth-order valence-corrected chi connectivity index (χ4v) is 5.15. The van der Waals surface area contributed by atoms with E-state index in [2.05, 4.69) is 24.4 Å². The lowest BCUT2D eigenvalue weighted by Gasteiger charge is -2.27. The maximum absolute atomic E-state index is 6.22. The average Bonchev–Trinajstić information content (AvgIpc) is 3.29. The molecule has 0 spiro atoms. The van der Waals surface area contributed by atoms with Crippen molar-refractivity contribution >= 4 is 63.5 Å². The van der Waals surface area contributed by atoms with Crippen molar-refractivity contribution in [2.45, 2.75) is 25.3 Å². The summed E-state index contributed by atoms with van der Waals surface area (Å²) in [6.07, 6.45) is 4.89. The summed E-state index contributed by atoms with van der Waals surface area (Å²) in [5, 5.41) is 5.05. The van der Waals surface area contributed by atoms with Crippen LogP contribution in [0.2, 0.25) is 10.0 Å². The molecule has 0 bridgehead atoms. The maximum Gasteiger partial charge on any atom is 0.163 e. The molecule has 2 aliphatic rings. The highest BCUT2D eigenvalue weighted by molar-refractivity contribution is 7.96. The van der Waals surface area contributed by atoms with Gasteiger partial charge in [0.2, 0.25) is 0 Å². The van der Waals surface area contributed by atoms with Crippen LogP contribution in [-0.4, -0.2) is 35.4 Å². The van der Waals surface area contributed by atoms with E-state index in [4.69, 9.17) is 32.7 Å². The molecule has 0 amide bonds. The highest BCUT2D eigenvalue weighted by atomic mass is 35.5. The number of benzene rings is 2. The predicted octanol–water partition coefficient (Wildman–Crippen LogP) is 5.84. The monoisotopic (exact) mass is 489 g/mol. The van der Waals surface area contributed by atoms with Gasteiger partial charge in [0.1, 0.15) is 12.1 Å². The zero-order chi connectivity index (χ0) is 22.1. The summed E-state index contributed by atoms with van der Waals surface area (Å²) < 4.78 is 19.8. The molecule has 166 valence electrons. The molecule has 1 saturated carbocycles. The molecule has 2 N–H and O–H groups in total. The number of nitrogens with one attached hydrogen (secondary N) is 2. The summed E-state index contributed by atoms with van der Waals surface area (Å²) in [6.45, 7) is 0.554. The molecule has 1 aliphatic carbocycles. The van der Waals surface area contributed by atoms with Crippen molar-refractivity contribution in [2.24, 2.45) is 10.3 Å². The third-order valence-corrected chi connectivity index (χ3v) is 7.14. The molecule has 1 fully saturated rings. The van der Waals surface area contributed by atoms with Crippen LogP contribution in [0.1, 0.15) is 19.3 Å². The van der Waals surface area contributed by atoms with Gasteiger partial charge in [-0.1, -0.05) is 29.6 Å². The van der Waals surface area contributed by atoms with Crippen molar-refractivity contribution in [3.63, 3.8) is 0 Å². The van der Waals surface area contributed by atoms with E-state index < -0.39 is 0 Å². The van der Waals surface area contributed by atoms with E-state index >= 15 is 0 Å². The first-order valence-electron chi connectivity index (χ1n) is 10.3. The number of fused-ring (bicyclic) bond motifs is 2. The maximum atomic E-state index is 6.22. The van der Waals surface area contributed by atoms with Crippen LogP contribution in [0.4, 0.5) is 11.5 Å². The highest BCUT2D eigenvalue weighted by Gasteiger charge is 2.33. The van der Waals surface area contributed by atoms with Crippen LogP contribution in [0.5, 0.6) is 11.5 Å². The fraction of sp³-hybridized carbons (Fsp3) is 0.318. The van der Waals surface area contributed by atoms with Gasteiger partial charge in [-0.3, -0.25) is 0 Å². The third-order valence-electron chi connectivity index (χ3n) is 5.71. The lowest BCUT2D eigenvalue weighted by atomic mass is 9.85. The van der Waals surface area contributed by atoms with Gasteiger partial charge in [-0.25, -0.2) is 19.1 Å². The first-order valence-corrected chi connectivity index (χ1v) is 11.8. The molecule has 10 heteroatoms. The van der Waals surface area contributed by atoms with Gasteiger partial charge in [0.15, 0.2) is 11.5 Å². The Morgan fingerprint density at radius 1 is 1.12 bits per heavy atom. The van der Waals surface area contributed by atoms with Crippen molar-refractivity contribution in [3.05, 3.63) is 46.7 Å². The summed E-state index contributed by atoms with van der Waals surface area (Å²) in [6, 6.07) is 9.47. The van der Waals surface area contributed by atoms with Gasteiger partial charge in [-0.2, -0.15) is 0 Å². The van der Waals surface area contributed by atoms with Crippen LogP contribution in [0, 0.1) is 5.92 Å². The minimum absolute atomic E-state index is 0.300. The minimum Gasteiger partial charge on any atom is -0.493 e. The van der Waals surface area contributed by atoms with E-state index in [1.54, 1.807) is 19.2 Å². The molecule has 3 aromatic rings. The van der Waals surface area contributed by atoms with Gasteiger partial charge >= 0.3 is 0 Å². The highest BCUT2D eigenvalue weighted by Crippen LogP contribution is 2.37. The average molecular weight is 490 g/mol. The van der Waals surface area contributed by atoms with Crippen LogP contribution in [0.25, 0.3) is 10.9 Å². The van der Waals surface area contributed by atoms with E-state index in [9.17, 15) is 0 Å². The molecule has 0 saturated heterocycles. The zero-order valence-corrected chi connectivity index (χ0v) is 19.6. The van der Waals surface area contributed by atoms with E-state index in [1.807, 2.05) is 18.2 Å². The van der Waals surface area contributed by atoms with E-state index in [0.29, 0.717) is 45.9 Å². The summed E-state index contributed by atoms with van der Waals surface area (Å²) >= 11 is 13.6. The summed E-state index contributed by atoms with van der Waals surface area (Å²) in [7, 11) is 1.63. The number of anilines is 2. The molecule has 7 nitrogen and oxygen atoms in total. The lowest BCUT2D eigenvalue weighted by Crippen LogP contribution is -2.38. The number of methoxy groups -OCH3 is 1. The summed E-state index contributed by atoms with van der Waals surface area (Å²) in [4.78, 5) is 8.82. The quantitative estimate of drug-likeness (QED) is 0.420. The molecule has 1 aromatic heterocycles. The van der Waals surface area contributed by atoms with Gasteiger partial charge in [0, 0.05) is 23.1 Å². The second-order valence-electron chi connectivity index (χ2n) is 7.71. The Morgan fingerprint density at radius 3 is 2.88 bits per heavy atom. The van der Waals surface area contributed by atoms with Crippen molar-refractivity contribution in [3.8, 4) is 11.5 Å². The number of ether oxygens (including phenoxy) is 2. The molecule has 2 atom stereocenters. The largest absolute Gasteiger partial charge is 0.493 e. The Hall–Kier alpha value is -2.26. The SMILES string of the molecule is COc1cc2c(Nc3ccc(Cl)c(Cl)c3)ncnc2cc1OCC1CCCC2NSN=C12. The van der Waals surface area contributed by atoms with Gasteiger partial charge in [-0.05, 0) is 37.1 Å². The Labute approximate surface area is 200 Å². The first kappa shape index (κ1) is 21.6. The van der Waals surface area contributed by atoms with Crippen molar-refractivity contribution in [1.29, 1.82) is 0 Å². The van der Waals surface area contributed by atoms with Crippen molar-refractivity contribution < 1.29 is 9.47 Å². The van der Waals surface area contributed by atoms with E-state index in [1.165, 1.54) is 24.2 Å². The molecule has 2 aromatic carbocycles. The summed E-state index contributed by atoms with van der Waals surface area (Å²) in [5.74, 6) is 2.21. The molecular formula is C22H21Cl2N5O2S. The Kier molecular flexibility index (Phi) is 6.28. The summed E-state index contributed by atoms with van der Waals surface area (Å²) in [5.41, 5.74) is 2.72. The smallest absolute Gasteiger partial charge is 0.163 e.